The second-order valence-electron chi connectivity index (χ2n) is 9.45. The third kappa shape index (κ3) is 4.53. The van der Waals surface area contributed by atoms with E-state index >= 15 is 4.39 Å². The molecular formula is C27H32FNO5. The number of aliphatic carboxylic acids is 1. The molecule has 1 unspecified atom stereocenters. The van der Waals surface area contributed by atoms with Gasteiger partial charge < -0.3 is 20.3 Å². The van der Waals surface area contributed by atoms with E-state index in [1.54, 1.807) is 0 Å². The van der Waals surface area contributed by atoms with Gasteiger partial charge in [-0.15, -0.1) is 0 Å². The van der Waals surface area contributed by atoms with Crippen molar-refractivity contribution >= 4 is 11.9 Å². The van der Waals surface area contributed by atoms with Gasteiger partial charge in [-0.2, -0.15) is 0 Å². The highest BCUT2D eigenvalue weighted by atomic mass is 19.1. The van der Waals surface area contributed by atoms with Crippen molar-refractivity contribution in [2.24, 2.45) is 11.7 Å². The van der Waals surface area contributed by atoms with Crippen LogP contribution in [-0.2, 0) is 14.3 Å². The highest BCUT2D eigenvalue weighted by Gasteiger charge is 2.72. The number of carboxylic acids is 1. The molecule has 2 aromatic rings. The maximum absolute atomic E-state index is 15.5. The van der Waals surface area contributed by atoms with Crippen molar-refractivity contribution in [1.29, 1.82) is 0 Å². The Hall–Kier alpha value is -2.93. The van der Waals surface area contributed by atoms with Crippen LogP contribution in [0, 0.1) is 5.92 Å². The lowest BCUT2D eigenvalue weighted by molar-refractivity contribution is -0.154. The Morgan fingerprint density at radius 3 is 2.26 bits per heavy atom. The van der Waals surface area contributed by atoms with Crippen molar-refractivity contribution in [2.45, 2.75) is 69.0 Å². The molecule has 7 heteroatoms. The lowest BCUT2D eigenvalue weighted by Crippen LogP contribution is -2.54. The molecular weight excluding hydrogens is 437 g/mol. The first-order valence-electron chi connectivity index (χ1n) is 12.1. The Morgan fingerprint density at radius 1 is 1.09 bits per heavy atom. The monoisotopic (exact) mass is 469 g/mol. The number of benzene rings is 2. The lowest BCUT2D eigenvalue weighted by Gasteiger charge is -2.34. The molecule has 3 N–H and O–H groups in total. The van der Waals surface area contributed by atoms with Crippen LogP contribution < -0.4 is 10.5 Å². The fourth-order valence-corrected chi connectivity index (χ4v) is 4.99. The van der Waals surface area contributed by atoms with Gasteiger partial charge in [0.05, 0.1) is 6.61 Å². The molecule has 2 aromatic carbocycles. The van der Waals surface area contributed by atoms with E-state index in [0.717, 1.165) is 36.8 Å². The second kappa shape index (κ2) is 9.74. The number of unbranched alkanes of at least 4 members (excludes halogenated alkanes) is 4. The zero-order valence-electron chi connectivity index (χ0n) is 19.5. The average molecular weight is 470 g/mol. The molecule has 1 saturated carbocycles. The number of carboxylic acid groups (broad SMARTS) is 1. The van der Waals surface area contributed by atoms with Crippen molar-refractivity contribution in [3.8, 4) is 11.5 Å². The number of hydrogen-bond donors (Lipinski definition) is 2. The number of carbonyl (C=O) groups is 2. The third-order valence-electron chi connectivity index (χ3n) is 7.08. The molecule has 0 radical (unpaired) electrons. The predicted octanol–water partition coefficient (Wildman–Crippen LogP) is 5.34. The molecule has 0 spiro atoms. The molecule has 4 rings (SSSR count). The molecule has 2 aliphatic rings. The number of halogens is 1. The summed E-state index contributed by atoms with van der Waals surface area (Å²) in [6, 6.07) is 14.7. The fourth-order valence-electron chi connectivity index (χ4n) is 4.99. The number of hydrogen-bond acceptors (Lipinski definition) is 5. The van der Waals surface area contributed by atoms with Crippen LogP contribution in [0.15, 0.2) is 48.5 Å². The van der Waals surface area contributed by atoms with Crippen molar-refractivity contribution in [1.82, 2.24) is 0 Å². The van der Waals surface area contributed by atoms with Crippen molar-refractivity contribution in [3.63, 3.8) is 0 Å². The summed E-state index contributed by atoms with van der Waals surface area (Å²) in [5.74, 6) is -2.68. The van der Waals surface area contributed by atoms with Gasteiger partial charge in [-0.25, -0.2) is 9.18 Å². The van der Waals surface area contributed by atoms with Gasteiger partial charge in [0.25, 0.3) is 0 Å². The predicted molar refractivity (Wildman–Crippen MR) is 126 cm³/mol. The first-order valence-corrected chi connectivity index (χ1v) is 12.1. The normalized spacial score (nSPS) is 22.6. The van der Waals surface area contributed by atoms with Crippen LogP contribution in [0.3, 0.4) is 0 Å². The van der Waals surface area contributed by atoms with Gasteiger partial charge in [0.15, 0.2) is 0 Å². The summed E-state index contributed by atoms with van der Waals surface area (Å²) in [6.45, 7) is 2.24. The van der Waals surface area contributed by atoms with Crippen molar-refractivity contribution < 1.29 is 28.6 Å². The van der Waals surface area contributed by atoms with Gasteiger partial charge in [-0.3, -0.25) is 4.79 Å². The first-order chi connectivity index (χ1) is 16.3. The maximum atomic E-state index is 15.5. The van der Waals surface area contributed by atoms with E-state index in [1.165, 1.54) is 0 Å². The number of alkyl halides is 1. The molecule has 0 saturated heterocycles. The largest absolute Gasteiger partial charge is 0.480 e. The first kappa shape index (κ1) is 24.2. The van der Waals surface area contributed by atoms with Gasteiger partial charge in [0, 0.05) is 29.4 Å². The zero-order valence-corrected chi connectivity index (χ0v) is 19.5. The summed E-state index contributed by atoms with van der Waals surface area (Å²) in [7, 11) is 0. The van der Waals surface area contributed by atoms with E-state index in [9.17, 15) is 14.7 Å². The van der Waals surface area contributed by atoms with E-state index in [2.05, 4.69) is 6.92 Å². The average Bonchev–Trinajstić information content (AvgIpc) is 3.54. The van der Waals surface area contributed by atoms with Crippen LogP contribution >= 0.6 is 0 Å². The Morgan fingerprint density at radius 2 is 1.68 bits per heavy atom. The highest BCUT2D eigenvalue weighted by Crippen LogP contribution is 2.57. The standard InChI is InChI=1S/C27H32FNO5/c1-2-3-4-5-10-15-33-25(32)26(28)17-23(26)27(29,24(30)31)16-20-18-11-6-8-13-21(18)34-22-14-9-7-12-19(20)22/h6-9,11-14,20,23H,2-5,10,15-17,29H2,1H3,(H,30,31)/t23-,26+,27?/m0/s1. The van der Waals surface area contributed by atoms with Crippen LogP contribution in [0.25, 0.3) is 0 Å². The molecule has 1 aliphatic heterocycles. The Kier molecular flexibility index (Phi) is 6.94. The summed E-state index contributed by atoms with van der Waals surface area (Å²) in [5.41, 5.74) is 3.68. The molecule has 0 aromatic heterocycles. The number of fused-ring (bicyclic) bond motifs is 2. The summed E-state index contributed by atoms with van der Waals surface area (Å²) in [6.07, 6.45) is 4.49. The fraction of sp³-hybridized carbons (Fsp3) is 0.481. The van der Waals surface area contributed by atoms with Gasteiger partial charge in [0.2, 0.25) is 5.67 Å². The molecule has 182 valence electrons. The number of esters is 1. The number of carbonyl (C=O) groups excluding carboxylic acids is 1. The van der Waals surface area contributed by atoms with E-state index in [0.29, 0.717) is 17.9 Å². The Labute approximate surface area is 199 Å². The smallest absolute Gasteiger partial charge is 0.344 e. The summed E-state index contributed by atoms with van der Waals surface area (Å²) in [4.78, 5) is 24.9. The second-order valence-corrected chi connectivity index (χ2v) is 9.45. The molecule has 34 heavy (non-hydrogen) atoms. The van der Waals surface area contributed by atoms with Crippen molar-refractivity contribution in [2.75, 3.05) is 6.61 Å². The third-order valence-corrected chi connectivity index (χ3v) is 7.08. The quantitative estimate of drug-likeness (QED) is 0.341. The van der Waals surface area contributed by atoms with Crippen molar-refractivity contribution in [3.05, 3.63) is 59.7 Å². The maximum Gasteiger partial charge on any atom is 0.344 e. The van der Waals surface area contributed by atoms with E-state index in [1.807, 2.05) is 48.5 Å². The van der Waals surface area contributed by atoms with E-state index in [4.69, 9.17) is 15.2 Å². The van der Waals surface area contributed by atoms with Crippen LogP contribution in [0.4, 0.5) is 4.39 Å². The van der Waals surface area contributed by atoms with Gasteiger partial charge >= 0.3 is 11.9 Å². The molecule has 1 aliphatic carbocycles. The minimum Gasteiger partial charge on any atom is -0.480 e. The lowest BCUT2D eigenvalue weighted by atomic mass is 9.76. The minimum atomic E-state index is -2.37. The Bertz CT molecular complexity index is 1010. The SMILES string of the molecule is CCCCCCCOC(=O)[C@@]1(F)C[C@@H]1C(N)(CC1c2ccccc2Oc2ccccc21)C(=O)O. The topological polar surface area (TPSA) is 98.9 Å². The van der Waals surface area contributed by atoms with E-state index < -0.39 is 35.0 Å². The van der Waals surface area contributed by atoms with Crippen LogP contribution in [0.1, 0.15) is 68.9 Å². The van der Waals surface area contributed by atoms with Gasteiger partial charge in [0.1, 0.15) is 17.0 Å². The van der Waals surface area contributed by atoms with Gasteiger partial charge in [-0.1, -0.05) is 69.0 Å². The molecule has 0 bridgehead atoms. The van der Waals surface area contributed by atoms with Gasteiger partial charge in [-0.05, 0) is 25.0 Å². The Balaban J connectivity index is 1.51. The van der Waals surface area contributed by atoms with Crippen LogP contribution in [-0.4, -0.2) is 34.9 Å². The summed E-state index contributed by atoms with van der Waals surface area (Å²) < 4.78 is 26.7. The summed E-state index contributed by atoms with van der Waals surface area (Å²) in [5, 5.41) is 10.1. The zero-order chi connectivity index (χ0) is 24.3. The number of nitrogens with two attached hydrogens (primary N) is 1. The van der Waals surface area contributed by atoms with Crippen LogP contribution in [0.2, 0.25) is 0 Å². The minimum absolute atomic E-state index is 0.0691. The molecule has 0 amide bonds. The van der Waals surface area contributed by atoms with Crippen LogP contribution in [0.5, 0.6) is 11.5 Å². The summed E-state index contributed by atoms with van der Waals surface area (Å²) >= 11 is 0. The molecule has 3 atom stereocenters. The number of ether oxygens (including phenoxy) is 2. The molecule has 1 fully saturated rings. The highest BCUT2D eigenvalue weighted by molar-refractivity contribution is 5.89. The van der Waals surface area contributed by atoms with E-state index in [-0.39, 0.29) is 19.4 Å². The number of rotatable bonds is 11. The molecule has 1 heterocycles. The molecule has 6 nitrogen and oxygen atoms in total. The number of para-hydroxylation sites is 2.